The lowest BCUT2D eigenvalue weighted by molar-refractivity contribution is 0.583. The molecule has 0 unspecified atom stereocenters. The van der Waals surface area contributed by atoms with Crippen LogP contribution in [-0.2, 0) is 6.54 Å². The Morgan fingerprint density at radius 1 is 1.17 bits per heavy atom. The number of hydrogen-bond acceptors (Lipinski definition) is 2. The van der Waals surface area contributed by atoms with Crippen LogP contribution in [0.25, 0.3) is 11.1 Å². The topological polar surface area (TPSA) is 43.8 Å². The Balaban J connectivity index is 2.56. The van der Waals surface area contributed by atoms with E-state index < -0.39 is 0 Å². The Bertz CT molecular complexity index is 547. The molecule has 0 bridgehead atoms. The third-order valence-electron chi connectivity index (χ3n) is 3.21. The summed E-state index contributed by atoms with van der Waals surface area (Å²) in [5.41, 5.74) is 12.6. The molecule has 0 radical (unpaired) electrons. The fraction of sp³-hybridized carbons (Fsp3) is 0.400. The Labute approximate surface area is 109 Å². The van der Waals surface area contributed by atoms with Crippen LogP contribution >= 0.6 is 0 Å². The molecular weight excluding hydrogens is 222 g/mol. The fourth-order valence-corrected chi connectivity index (χ4v) is 2.50. The number of aromatic nitrogens is 2. The molecule has 96 valence electrons. The van der Waals surface area contributed by atoms with E-state index in [9.17, 15) is 0 Å². The molecule has 1 aromatic heterocycles. The number of benzene rings is 1. The average molecular weight is 243 g/mol. The summed E-state index contributed by atoms with van der Waals surface area (Å²) in [5.74, 6) is 0. The second-order valence-electron chi connectivity index (χ2n) is 4.90. The average Bonchev–Trinajstić information content (AvgIpc) is 2.53. The molecule has 1 heterocycles. The quantitative estimate of drug-likeness (QED) is 0.839. The highest BCUT2D eigenvalue weighted by Crippen LogP contribution is 2.29. The van der Waals surface area contributed by atoms with Crippen LogP contribution in [0.15, 0.2) is 18.2 Å². The molecule has 0 fully saturated rings. The Morgan fingerprint density at radius 2 is 1.89 bits per heavy atom. The van der Waals surface area contributed by atoms with Crippen molar-refractivity contribution in [2.75, 3.05) is 5.73 Å². The molecule has 3 nitrogen and oxygen atoms in total. The van der Waals surface area contributed by atoms with Gasteiger partial charge in [-0.3, -0.25) is 4.68 Å². The summed E-state index contributed by atoms with van der Waals surface area (Å²) < 4.78 is 2.09. The van der Waals surface area contributed by atoms with Crippen molar-refractivity contribution in [1.29, 1.82) is 0 Å². The molecule has 0 spiro atoms. The first kappa shape index (κ1) is 12.7. The maximum atomic E-state index is 5.94. The van der Waals surface area contributed by atoms with Gasteiger partial charge in [-0.1, -0.05) is 13.0 Å². The molecular formula is C15H21N3. The van der Waals surface area contributed by atoms with E-state index in [0.29, 0.717) is 0 Å². The number of anilines is 1. The van der Waals surface area contributed by atoms with Crippen molar-refractivity contribution in [2.24, 2.45) is 0 Å². The van der Waals surface area contributed by atoms with E-state index in [1.54, 1.807) is 0 Å². The van der Waals surface area contributed by atoms with Gasteiger partial charge in [-0.2, -0.15) is 5.10 Å². The molecule has 0 atom stereocenters. The third-order valence-corrected chi connectivity index (χ3v) is 3.21. The Hall–Kier alpha value is -1.77. The van der Waals surface area contributed by atoms with Gasteiger partial charge in [-0.05, 0) is 50.5 Å². The molecule has 0 aliphatic rings. The van der Waals surface area contributed by atoms with Gasteiger partial charge in [0, 0.05) is 23.5 Å². The highest BCUT2D eigenvalue weighted by Gasteiger charge is 2.13. The Kier molecular flexibility index (Phi) is 3.41. The second-order valence-corrected chi connectivity index (χ2v) is 4.90. The number of rotatable bonds is 3. The van der Waals surface area contributed by atoms with Crippen molar-refractivity contribution >= 4 is 5.69 Å². The zero-order valence-corrected chi connectivity index (χ0v) is 11.6. The van der Waals surface area contributed by atoms with Gasteiger partial charge in [-0.25, -0.2) is 0 Å². The number of nitrogens with two attached hydrogens (primary N) is 1. The first-order chi connectivity index (χ1) is 8.52. The predicted octanol–water partition coefficient (Wildman–Crippen LogP) is 3.47. The second kappa shape index (κ2) is 4.84. The molecule has 18 heavy (non-hydrogen) atoms. The molecule has 0 aliphatic heterocycles. The zero-order chi connectivity index (χ0) is 13.3. The molecule has 2 N–H and O–H groups in total. The van der Waals surface area contributed by atoms with Crippen molar-refractivity contribution in [3.05, 3.63) is 35.2 Å². The molecule has 0 aliphatic carbocycles. The van der Waals surface area contributed by atoms with Gasteiger partial charge in [-0.15, -0.1) is 0 Å². The van der Waals surface area contributed by atoms with Gasteiger partial charge in [0.2, 0.25) is 0 Å². The van der Waals surface area contributed by atoms with Gasteiger partial charge in [0.25, 0.3) is 0 Å². The molecule has 2 rings (SSSR count). The van der Waals surface area contributed by atoms with Gasteiger partial charge in [0.15, 0.2) is 0 Å². The van der Waals surface area contributed by atoms with Crippen LogP contribution in [0.3, 0.4) is 0 Å². The van der Waals surface area contributed by atoms with E-state index >= 15 is 0 Å². The van der Waals surface area contributed by atoms with Crippen molar-refractivity contribution < 1.29 is 0 Å². The molecule has 3 heteroatoms. The van der Waals surface area contributed by atoms with Gasteiger partial charge >= 0.3 is 0 Å². The Morgan fingerprint density at radius 3 is 2.50 bits per heavy atom. The van der Waals surface area contributed by atoms with E-state index in [0.717, 1.165) is 24.3 Å². The smallest absolute Gasteiger partial charge is 0.0674 e. The van der Waals surface area contributed by atoms with E-state index in [1.165, 1.54) is 22.4 Å². The standard InChI is InChI=1S/C15H21N3/c1-5-6-18-12(4)15(11(3)17-18)13-7-10(2)8-14(16)9-13/h7-9H,5-6,16H2,1-4H3. The van der Waals surface area contributed by atoms with Gasteiger partial charge in [0.05, 0.1) is 5.69 Å². The minimum atomic E-state index is 0.812. The maximum absolute atomic E-state index is 5.94. The molecule has 0 amide bonds. The molecule has 0 saturated heterocycles. The summed E-state index contributed by atoms with van der Waals surface area (Å²) in [6.45, 7) is 9.40. The highest BCUT2D eigenvalue weighted by molar-refractivity contribution is 5.72. The maximum Gasteiger partial charge on any atom is 0.0674 e. The largest absolute Gasteiger partial charge is 0.399 e. The van der Waals surface area contributed by atoms with Crippen LogP contribution < -0.4 is 5.73 Å². The number of nitrogens with zero attached hydrogens (tertiary/aromatic N) is 2. The lowest BCUT2D eigenvalue weighted by Gasteiger charge is -2.06. The van der Waals surface area contributed by atoms with E-state index in [-0.39, 0.29) is 0 Å². The SMILES string of the molecule is CCCn1nc(C)c(-c2cc(C)cc(N)c2)c1C. The van der Waals surface area contributed by atoms with Gasteiger partial charge in [0.1, 0.15) is 0 Å². The molecule has 1 aromatic carbocycles. The summed E-state index contributed by atoms with van der Waals surface area (Å²) in [7, 11) is 0. The zero-order valence-electron chi connectivity index (χ0n) is 11.6. The summed E-state index contributed by atoms with van der Waals surface area (Å²) in [6.07, 6.45) is 1.09. The minimum Gasteiger partial charge on any atom is -0.399 e. The normalized spacial score (nSPS) is 10.9. The number of nitrogen functional groups attached to an aromatic ring is 1. The lowest BCUT2D eigenvalue weighted by Crippen LogP contribution is -2.01. The van der Waals surface area contributed by atoms with Crippen LogP contribution in [0.5, 0.6) is 0 Å². The first-order valence-electron chi connectivity index (χ1n) is 6.44. The molecule has 2 aromatic rings. The summed E-state index contributed by atoms with van der Waals surface area (Å²) in [5, 5.41) is 4.61. The van der Waals surface area contributed by atoms with E-state index in [4.69, 9.17) is 5.73 Å². The number of aryl methyl sites for hydroxylation is 3. The minimum absolute atomic E-state index is 0.812. The number of hydrogen-bond donors (Lipinski definition) is 1. The van der Waals surface area contributed by atoms with Crippen LogP contribution in [0.4, 0.5) is 5.69 Å². The lowest BCUT2D eigenvalue weighted by atomic mass is 10.0. The highest BCUT2D eigenvalue weighted by atomic mass is 15.3. The summed E-state index contributed by atoms with van der Waals surface area (Å²) >= 11 is 0. The van der Waals surface area contributed by atoms with Crippen molar-refractivity contribution in [3.8, 4) is 11.1 Å². The first-order valence-corrected chi connectivity index (χ1v) is 6.44. The van der Waals surface area contributed by atoms with Crippen LogP contribution in [0.2, 0.25) is 0 Å². The fourth-order valence-electron chi connectivity index (χ4n) is 2.50. The van der Waals surface area contributed by atoms with Gasteiger partial charge < -0.3 is 5.73 Å². The summed E-state index contributed by atoms with van der Waals surface area (Å²) in [4.78, 5) is 0. The van der Waals surface area contributed by atoms with Crippen LogP contribution in [-0.4, -0.2) is 9.78 Å². The van der Waals surface area contributed by atoms with E-state index in [1.807, 2.05) is 12.1 Å². The van der Waals surface area contributed by atoms with Crippen molar-refractivity contribution in [1.82, 2.24) is 9.78 Å². The predicted molar refractivity (Wildman–Crippen MR) is 76.6 cm³/mol. The third kappa shape index (κ3) is 2.26. The van der Waals surface area contributed by atoms with Crippen LogP contribution in [0, 0.1) is 20.8 Å². The summed E-state index contributed by atoms with van der Waals surface area (Å²) in [6, 6.07) is 6.19. The van der Waals surface area contributed by atoms with E-state index in [2.05, 4.69) is 43.5 Å². The molecule has 0 saturated carbocycles. The van der Waals surface area contributed by atoms with Crippen LogP contribution in [0.1, 0.15) is 30.3 Å². The van der Waals surface area contributed by atoms with Crippen molar-refractivity contribution in [3.63, 3.8) is 0 Å². The monoisotopic (exact) mass is 243 g/mol. The van der Waals surface area contributed by atoms with Crippen molar-refractivity contribution in [2.45, 2.75) is 40.7 Å².